The molecule has 2 aliphatic heterocycles. The van der Waals surface area contributed by atoms with Gasteiger partial charge in [-0.3, -0.25) is 34.9 Å². The van der Waals surface area contributed by atoms with Crippen molar-refractivity contribution >= 4 is 34.3 Å². The smallest absolute Gasteiger partial charge is 0.280 e. The number of aromatic nitrogens is 2. The summed E-state index contributed by atoms with van der Waals surface area (Å²) < 4.78 is 1.10. The Morgan fingerprint density at radius 3 is 2.22 bits per heavy atom. The summed E-state index contributed by atoms with van der Waals surface area (Å²) in [6.07, 6.45) is 0.430. The first kappa shape index (κ1) is 26.1. The number of carbonyl (C=O) groups excluding carboxylic acids is 3. The molecule has 0 spiro atoms. The number of fused-ring (bicyclic) bond motifs is 2. The Kier molecular flexibility index (Phi) is 6.25. The van der Waals surface area contributed by atoms with E-state index in [2.05, 4.69) is 28.1 Å². The van der Waals surface area contributed by atoms with Crippen molar-refractivity contribution in [1.82, 2.24) is 20.0 Å². The molecule has 41 heavy (non-hydrogen) atoms. The number of aryl methyl sites for hydroxylation is 3. The minimum atomic E-state index is -1.19. The molecule has 3 amide bonds. The molecular weight excluding hydrogens is 520 g/mol. The van der Waals surface area contributed by atoms with Crippen LogP contribution in [-0.4, -0.2) is 44.0 Å². The van der Waals surface area contributed by atoms with Crippen molar-refractivity contribution in [3.8, 4) is 0 Å². The maximum atomic E-state index is 13.7. The summed E-state index contributed by atoms with van der Waals surface area (Å²) in [6, 6.07) is 15.8. The van der Waals surface area contributed by atoms with Crippen molar-refractivity contribution in [2.45, 2.75) is 46.2 Å². The van der Waals surface area contributed by atoms with Gasteiger partial charge in [0.05, 0.1) is 27.7 Å². The van der Waals surface area contributed by atoms with Crippen molar-refractivity contribution in [1.29, 1.82) is 0 Å². The van der Waals surface area contributed by atoms with Crippen molar-refractivity contribution in [2.24, 2.45) is 5.10 Å². The van der Waals surface area contributed by atoms with E-state index in [0.717, 1.165) is 37.5 Å². The molecule has 3 heterocycles. The van der Waals surface area contributed by atoms with Gasteiger partial charge in [0.25, 0.3) is 23.3 Å². The first-order valence-electron chi connectivity index (χ1n) is 13.4. The van der Waals surface area contributed by atoms with Crippen molar-refractivity contribution < 1.29 is 14.4 Å². The topological polar surface area (TPSA) is 126 Å². The summed E-state index contributed by atoms with van der Waals surface area (Å²) in [4.78, 5) is 58.8. The van der Waals surface area contributed by atoms with E-state index in [1.807, 2.05) is 20.8 Å². The van der Waals surface area contributed by atoms with Crippen LogP contribution >= 0.6 is 0 Å². The van der Waals surface area contributed by atoms with Gasteiger partial charge in [-0.05, 0) is 63.1 Å². The molecule has 2 aliphatic rings. The van der Waals surface area contributed by atoms with Gasteiger partial charge in [-0.1, -0.05) is 42.0 Å². The van der Waals surface area contributed by atoms with Crippen molar-refractivity contribution in [3.63, 3.8) is 0 Å². The molecule has 0 saturated carbocycles. The minimum absolute atomic E-state index is 0.240. The van der Waals surface area contributed by atoms with E-state index in [1.54, 1.807) is 48.5 Å². The molecule has 2 N–H and O–H groups in total. The highest BCUT2D eigenvalue weighted by Crippen LogP contribution is 2.28. The second kappa shape index (κ2) is 9.81. The number of hydrazone groups is 1. The third-order valence-corrected chi connectivity index (χ3v) is 7.65. The average molecular weight is 549 g/mol. The quantitative estimate of drug-likeness (QED) is 0.368. The van der Waals surface area contributed by atoms with E-state index in [0.29, 0.717) is 17.3 Å². The van der Waals surface area contributed by atoms with Crippen LogP contribution in [0.25, 0.3) is 10.9 Å². The maximum Gasteiger partial charge on any atom is 0.280 e. The monoisotopic (exact) mass is 548 g/mol. The summed E-state index contributed by atoms with van der Waals surface area (Å²) >= 11 is 0. The van der Waals surface area contributed by atoms with Gasteiger partial charge in [0.15, 0.2) is 5.82 Å². The highest BCUT2D eigenvalue weighted by atomic mass is 16.2. The molecule has 0 bridgehead atoms. The number of carbonyl (C=O) groups is 3. The predicted molar refractivity (Wildman–Crippen MR) is 154 cm³/mol. The molecule has 2 unspecified atom stereocenters. The Morgan fingerprint density at radius 2 is 1.56 bits per heavy atom. The van der Waals surface area contributed by atoms with E-state index in [-0.39, 0.29) is 17.0 Å². The van der Waals surface area contributed by atoms with E-state index in [4.69, 9.17) is 4.98 Å². The number of amides is 3. The fraction of sp³-hybridized carbons (Fsp3) is 0.226. The molecule has 10 nitrogen and oxygen atoms in total. The van der Waals surface area contributed by atoms with Crippen LogP contribution in [0.4, 0.5) is 0 Å². The Bertz CT molecular complexity index is 1820. The zero-order valence-electron chi connectivity index (χ0n) is 23.1. The summed E-state index contributed by atoms with van der Waals surface area (Å²) in [5, 5.41) is 4.90. The van der Waals surface area contributed by atoms with Crippen LogP contribution in [0.1, 0.15) is 68.2 Å². The SMILES string of the molecule is Cc1cc(C)c(C2=NNC(c3nc4ccccc4c(=O)n3NC(=O)C(C)N3C(=O)c4ccccc4C3=O)C2)c(C)c1. The van der Waals surface area contributed by atoms with Crippen LogP contribution in [0.3, 0.4) is 0 Å². The number of nitrogens with zero attached hydrogens (tertiary/aromatic N) is 4. The molecule has 3 aromatic carbocycles. The Hall–Kier alpha value is -5.12. The summed E-state index contributed by atoms with van der Waals surface area (Å²) in [5.74, 6) is -1.56. The number of imide groups is 1. The van der Waals surface area contributed by atoms with Gasteiger partial charge in [-0.15, -0.1) is 0 Å². The molecule has 0 fully saturated rings. The van der Waals surface area contributed by atoms with Gasteiger partial charge in [0, 0.05) is 12.0 Å². The molecule has 1 aromatic heterocycles. The molecule has 0 radical (unpaired) electrons. The number of nitrogens with one attached hydrogen (secondary N) is 2. The summed E-state index contributed by atoms with van der Waals surface area (Å²) in [7, 11) is 0. The number of rotatable bonds is 5. The summed E-state index contributed by atoms with van der Waals surface area (Å²) in [6.45, 7) is 7.57. The second-order valence-corrected chi connectivity index (χ2v) is 10.5. The number of hydrogen-bond acceptors (Lipinski definition) is 7. The van der Waals surface area contributed by atoms with E-state index in [9.17, 15) is 19.2 Å². The van der Waals surface area contributed by atoms with Gasteiger partial charge < -0.3 is 0 Å². The van der Waals surface area contributed by atoms with Crippen LogP contribution in [-0.2, 0) is 4.79 Å². The van der Waals surface area contributed by atoms with Gasteiger partial charge in [-0.2, -0.15) is 5.10 Å². The predicted octanol–water partition coefficient (Wildman–Crippen LogP) is 3.52. The van der Waals surface area contributed by atoms with Crippen LogP contribution in [0.5, 0.6) is 0 Å². The third-order valence-electron chi connectivity index (χ3n) is 7.65. The summed E-state index contributed by atoms with van der Waals surface area (Å²) in [5.41, 5.74) is 11.4. The molecule has 2 atom stereocenters. The van der Waals surface area contributed by atoms with Crippen LogP contribution in [0.2, 0.25) is 0 Å². The van der Waals surface area contributed by atoms with Crippen LogP contribution in [0.15, 0.2) is 70.6 Å². The van der Waals surface area contributed by atoms with Gasteiger partial charge in [0.2, 0.25) is 0 Å². The van der Waals surface area contributed by atoms with Crippen molar-refractivity contribution in [3.05, 3.63) is 110 Å². The first-order chi connectivity index (χ1) is 19.7. The standard InChI is InChI=1S/C31H28N6O4/c1-16-13-17(2)26(18(3)14-16)24-15-25(34-33-24)27-32-23-12-8-7-11-22(23)31(41)37(27)35-28(38)19(4)36-29(39)20-9-5-6-10-21(20)30(36)40/h5-14,19,25,34H,15H2,1-4H3,(H,35,38). The second-order valence-electron chi connectivity index (χ2n) is 10.5. The molecule has 0 saturated heterocycles. The lowest BCUT2D eigenvalue weighted by molar-refractivity contribution is -0.120. The minimum Gasteiger partial charge on any atom is -0.299 e. The van der Waals surface area contributed by atoms with Gasteiger partial charge in [-0.25, -0.2) is 9.66 Å². The third kappa shape index (κ3) is 4.28. The van der Waals surface area contributed by atoms with Crippen LogP contribution in [0, 0.1) is 20.8 Å². The Balaban J connectivity index is 1.34. The highest BCUT2D eigenvalue weighted by Gasteiger charge is 2.41. The lowest BCUT2D eigenvalue weighted by Gasteiger charge is -2.24. The normalized spacial score (nSPS) is 16.9. The Labute approximate surface area is 235 Å². The van der Waals surface area contributed by atoms with Gasteiger partial charge >= 0.3 is 0 Å². The van der Waals surface area contributed by atoms with Crippen LogP contribution < -0.4 is 16.4 Å². The van der Waals surface area contributed by atoms with E-state index < -0.39 is 35.4 Å². The molecule has 0 aliphatic carbocycles. The lowest BCUT2D eigenvalue weighted by atomic mass is 9.93. The molecular formula is C31H28N6O4. The average Bonchev–Trinajstić information content (AvgIpc) is 3.52. The zero-order chi connectivity index (χ0) is 29.0. The van der Waals surface area contributed by atoms with Crippen molar-refractivity contribution in [2.75, 3.05) is 5.43 Å². The lowest BCUT2D eigenvalue weighted by Crippen LogP contribution is -2.49. The molecule has 10 heteroatoms. The fourth-order valence-electron chi connectivity index (χ4n) is 5.75. The van der Waals surface area contributed by atoms with E-state index in [1.165, 1.54) is 6.92 Å². The number of hydrogen-bond donors (Lipinski definition) is 2. The zero-order valence-corrected chi connectivity index (χ0v) is 23.1. The number of benzene rings is 3. The van der Waals surface area contributed by atoms with Gasteiger partial charge in [0.1, 0.15) is 12.1 Å². The number of para-hydroxylation sites is 1. The molecule has 4 aromatic rings. The maximum absolute atomic E-state index is 13.7. The highest BCUT2D eigenvalue weighted by molar-refractivity contribution is 6.23. The molecule has 6 rings (SSSR count). The fourth-order valence-corrected chi connectivity index (χ4v) is 5.75. The molecule has 206 valence electrons. The first-order valence-corrected chi connectivity index (χ1v) is 13.4. The largest absolute Gasteiger partial charge is 0.299 e. The Morgan fingerprint density at radius 1 is 0.951 bits per heavy atom. The van der Waals surface area contributed by atoms with E-state index >= 15 is 0 Å².